The highest BCUT2D eigenvalue weighted by Gasteiger charge is 2.29. The van der Waals surface area contributed by atoms with Gasteiger partial charge in [-0.05, 0) is 19.5 Å². The summed E-state index contributed by atoms with van der Waals surface area (Å²) in [5.74, 6) is -0.734. The van der Waals surface area contributed by atoms with Crippen LogP contribution < -0.4 is 0 Å². The van der Waals surface area contributed by atoms with E-state index in [4.69, 9.17) is 0 Å². The molecule has 4 heteroatoms. The molecule has 0 bridgehead atoms. The smallest absolute Gasteiger partial charge is 0.322 e. The number of carbonyl (C=O) groups is 1. The lowest BCUT2D eigenvalue weighted by molar-refractivity contribution is -0.145. The van der Waals surface area contributed by atoms with Crippen molar-refractivity contribution >= 4 is 12.0 Å². The van der Waals surface area contributed by atoms with Crippen molar-refractivity contribution in [3.05, 3.63) is 41.5 Å². The Labute approximate surface area is 120 Å². The number of hydrogen-bond donors (Lipinski definition) is 1. The highest BCUT2D eigenvalue weighted by Crippen LogP contribution is 2.12. The van der Waals surface area contributed by atoms with E-state index in [0.29, 0.717) is 6.54 Å². The molecule has 20 heavy (non-hydrogen) atoms. The average molecular weight is 274 g/mol. The number of carboxylic acid groups (broad SMARTS) is 1. The van der Waals surface area contributed by atoms with Gasteiger partial charge in [-0.2, -0.15) is 0 Å². The third-order valence-corrected chi connectivity index (χ3v) is 3.70. The van der Waals surface area contributed by atoms with Gasteiger partial charge in [-0.3, -0.25) is 14.6 Å². The zero-order valence-corrected chi connectivity index (χ0v) is 12.1. The molecular formula is C16H22N2O2. The highest BCUT2D eigenvalue weighted by atomic mass is 16.4. The molecule has 1 N–H and O–H groups in total. The maximum absolute atomic E-state index is 11.2. The van der Waals surface area contributed by atoms with E-state index in [2.05, 4.69) is 30.0 Å². The first kappa shape index (κ1) is 14.8. The van der Waals surface area contributed by atoms with Crippen LogP contribution >= 0.6 is 0 Å². The van der Waals surface area contributed by atoms with Crippen LogP contribution in [-0.4, -0.2) is 60.1 Å². The fourth-order valence-corrected chi connectivity index (χ4v) is 2.57. The van der Waals surface area contributed by atoms with E-state index in [1.807, 2.05) is 30.1 Å². The monoisotopic (exact) mass is 274 g/mol. The van der Waals surface area contributed by atoms with E-state index >= 15 is 0 Å². The first-order chi connectivity index (χ1) is 9.56. The van der Waals surface area contributed by atoms with Crippen LogP contribution in [0, 0.1) is 0 Å². The van der Waals surface area contributed by atoms with Crippen molar-refractivity contribution in [2.24, 2.45) is 0 Å². The molecule has 1 aromatic carbocycles. The molecule has 0 unspecified atom stereocenters. The summed E-state index contributed by atoms with van der Waals surface area (Å²) in [5, 5.41) is 9.21. The van der Waals surface area contributed by atoms with Gasteiger partial charge in [0.25, 0.3) is 0 Å². The minimum absolute atomic E-state index is 0.395. The van der Waals surface area contributed by atoms with Crippen molar-refractivity contribution in [3.63, 3.8) is 0 Å². The standard InChI is InChI=1S/C16H22N2O2/c1-13(10-14-6-4-3-5-7-14)11-18-9-8-17(2)15(12-18)16(19)20/h3-7,10,15H,8-9,11-12H2,1-2H3,(H,19,20)/b13-10+/t15-/m1/s1. The number of benzene rings is 1. The molecule has 0 saturated carbocycles. The Morgan fingerprint density at radius 1 is 1.35 bits per heavy atom. The van der Waals surface area contributed by atoms with E-state index < -0.39 is 12.0 Å². The summed E-state index contributed by atoms with van der Waals surface area (Å²) in [7, 11) is 1.88. The molecule has 2 rings (SSSR count). The minimum Gasteiger partial charge on any atom is -0.480 e. The summed E-state index contributed by atoms with van der Waals surface area (Å²) in [6.07, 6.45) is 2.16. The van der Waals surface area contributed by atoms with Gasteiger partial charge in [-0.25, -0.2) is 0 Å². The molecule has 108 valence electrons. The van der Waals surface area contributed by atoms with Crippen molar-refractivity contribution < 1.29 is 9.90 Å². The fraction of sp³-hybridized carbons (Fsp3) is 0.438. The van der Waals surface area contributed by atoms with Gasteiger partial charge in [0.2, 0.25) is 0 Å². The SMILES string of the molecule is C/C(=C\c1ccccc1)CN1CCN(C)[C@@H](C(=O)O)C1. The summed E-state index contributed by atoms with van der Waals surface area (Å²) >= 11 is 0. The van der Waals surface area contributed by atoms with Crippen LogP contribution in [0.4, 0.5) is 0 Å². The normalized spacial score (nSPS) is 21.9. The van der Waals surface area contributed by atoms with E-state index in [-0.39, 0.29) is 0 Å². The van der Waals surface area contributed by atoms with Crippen LogP contribution in [0.25, 0.3) is 6.08 Å². The van der Waals surface area contributed by atoms with E-state index in [1.54, 1.807) is 0 Å². The lowest BCUT2D eigenvalue weighted by Gasteiger charge is -2.37. The van der Waals surface area contributed by atoms with Gasteiger partial charge in [0.05, 0.1) is 0 Å². The largest absolute Gasteiger partial charge is 0.480 e. The Bertz CT molecular complexity index is 485. The summed E-state index contributed by atoms with van der Waals surface area (Å²) in [5.41, 5.74) is 2.44. The van der Waals surface area contributed by atoms with Crippen molar-refractivity contribution in [1.29, 1.82) is 0 Å². The van der Waals surface area contributed by atoms with Crippen LogP contribution in [-0.2, 0) is 4.79 Å². The molecule has 0 amide bonds. The maximum atomic E-state index is 11.2. The molecule has 1 fully saturated rings. The van der Waals surface area contributed by atoms with Gasteiger partial charge in [-0.15, -0.1) is 0 Å². The zero-order valence-electron chi connectivity index (χ0n) is 12.1. The summed E-state index contributed by atoms with van der Waals surface area (Å²) < 4.78 is 0. The van der Waals surface area contributed by atoms with E-state index in [9.17, 15) is 9.90 Å². The Balaban J connectivity index is 1.96. The Hall–Kier alpha value is -1.65. The van der Waals surface area contributed by atoms with Crippen LogP contribution in [0.15, 0.2) is 35.9 Å². The molecule has 1 atom stereocenters. The molecule has 0 aromatic heterocycles. The Kier molecular flexibility index (Phi) is 4.93. The molecule has 0 aliphatic carbocycles. The number of carboxylic acids is 1. The van der Waals surface area contributed by atoms with E-state index in [1.165, 1.54) is 11.1 Å². The van der Waals surface area contributed by atoms with E-state index in [0.717, 1.165) is 19.6 Å². The quantitative estimate of drug-likeness (QED) is 0.909. The molecule has 1 saturated heterocycles. The van der Waals surface area contributed by atoms with Crippen LogP contribution in [0.3, 0.4) is 0 Å². The van der Waals surface area contributed by atoms with Gasteiger partial charge in [0, 0.05) is 26.2 Å². The average Bonchev–Trinajstić information content (AvgIpc) is 2.41. The zero-order chi connectivity index (χ0) is 14.5. The number of piperazine rings is 1. The first-order valence-corrected chi connectivity index (χ1v) is 6.94. The number of hydrogen-bond acceptors (Lipinski definition) is 3. The third-order valence-electron chi connectivity index (χ3n) is 3.70. The number of aliphatic carboxylic acids is 1. The lowest BCUT2D eigenvalue weighted by atomic mass is 10.1. The second-order valence-electron chi connectivity index (χ2n) is 5.47. The van der Waals surface area contributed by atoms with Gasteiger partial charge >= 0.3 is 5.97 Å². The van der Waals surface area contributed by atoms with Crippen LogP contribution in [0.5, 0.6) is 0 Å². The molecule has 1 heterocycles. The van der Waals surface area contributed by atoms with Crippen LogP contribution in [0.1, 0.15) is 12.5 Å². The second-order valence-corrected chi connectivity index (χ2v) is 5.47. The highest BCUT2D eigenvalue weighted by molar-refractivity contribution is 5.73. The van der Waals surface area contributed by atoms with Gasteiger partial charge in [-0.1, -0.05) is 42.0 Å². The number of rotatable bonds is 4. The van der Waals surface area contributed by atoms with Crippen molar-refractivity contribution in [2.45, 2.75) is 13.0 Å². The summed E-state index contributed by atoms with van der Waals surface area (Å²) in [6.45, 7) is 5.23. The number of likely N-dealkylation sites (N-methyl/N-ethyl adjacent to an activating group) is 1. The predicted octanol–water partition coefficient (Wildman–Crippen LogP) is 1.79. The van der Waals surface area contributed by atoms with Crippen molar-refractivity contribution in [3.8, 4) is 0 Å². The second kappa shape index (κ2) is 6.68. The molecule has 4 nitrogen and oxygen atoms in total. The molecular weight excluding hydrogens is 252 g/mol. The Morgan fingerprint density at radius 3 is 2.70 bits per heavy atom. The lowest BCUT2D eigenvalue weighted by Crippen LogP contribution is -2.54. The topological polar surface area (TPSA) is 43.8 Å². The minimum atomic E-state index is -0.734. The molecule has 0 spiro atoms. The van der Waals surface area contributed by atoms with Crippen LogP contribution in [0.2, 0.25) is 0 Å². The number of nitrogens with zero attached hydrogens (tertiary/aromatic N) is 2. The Morgan fingerprint density at radius 2 is 2.05 bits per heavy atom. The third kappa shape index (κ3) is 3.92. The predicted molar refractivity (Wildman–Crippen MR) is 80.6 cm³/mol. The molecule has 1 aromatic rings. The summed E-state index contributed by atoms with van der Waals surface area (Å²) in [4.78, 5) is 15.3. The molecule has 0 radical (unpaired) electrons. The van der Waals surface area contributed by atoms with Gasteiger partial charge in [0.15, 0.2) is 0 Å². The molecule has 1 aliphatic heterocycles. The molecule has 1 aliphatic rings. The first-order valence-electron chi connectivity index (χ1n) is 6.94. The van der Waals surface area contributed by atoms with Gasteiger partial charge < -0.3 is 5.11 Å². The maximum Gasteiger partial charge on any atom is 0.322 e. The summed E-state index contributed by atoms with van der Waals surface area (Å²) in [6, 6.07) is 9.81. The van der Waals surface area contributed by atoms with Crippen molar-refractivity contribution in [1.82, 2.24) is 9.80 Å². The van der Waals surface area contributed by atoms with Crippen molar-refractivity contribution in [2.75, 3.05) is 33.2 Å². The fourth-order valence-electron chi connectivity index (χ4n) is 2.57. The van der Waals surface area contributed by atoms with Gasteiger partial charge in [0.1, 0.15) is 6.04 Å².